The molecule has 1 fully saturated rings. The average Bonchev–Trinajstić information content (AvgIpc) is 2.61. The SMILES string of the molecule is CNCC(C)C(=O)Nc1ccc(C(=O)N(C)C2CCCCC2)c(Cl)c1. The minimum absolute atomic E-state index is 0.0571. The Morgan fingerprint density at radius 1 is 1.28 bits per heavy atom. The standard InChI is InChI=1S/C19H28ClN3O2/c1-13(12-21-2)18(24)22-14-9-10-16(17(20)11-14)19(25)23(3)15-7-5-4-6-8-15/h9-11,13,15,21H,4-8,12H2,1-3H3,(H,22,24). The maximum Gasteiger partial charge on any atom is 0.255 e. The number of benzene rings is 1. The molecule has 1 saturated carbocycles. The van der Waals surface area contributed by atoms with Crippen LogP contribution in [0.4, 0.5) is 5.69 Å². The normalized spacial score (nSPS) is 16.3. The molecule has 1 aromatic carbocycles. The lowest BCUT2D eigenvalue weighted by atomic mass is 9.94. The zero-order chi connectivity index (χ0) is 18.4. The summed E-state index contributed by atoms with van der Waals surface area (Å²) < 4.78 is 0. The van der Waals surface area contributed by atoms with Crippen molar-refractivity contribution in [3.63, 3.8) is 0 Å². The van der Waals surface area contributed by atoms with Gasteiger partial charge in [0.2, 0.25) is 5.91 Å². The first-order valence-electron chi connectivity index (χ1n) is 8.96. The molecule has 1 unspecified atom stereocenters. The van der Waals surface area contributed by atoms with Crippen LogP contribution >= 0.6 is 11.6 Å². The van der Waals surface area contributed by atoms with Crippen LogP contribution in [0.2, 0.25) is 5.02 Å². The third-order valence-electron chi connectivity index (χ3n) is 4.87. The van der Waals surface area contributed by atoms with Crippen LogP contribution in [0.5, 0.6) is 0 Å². The zero-order valence-corrected chi connectivity index (χ0v) is 16.0. The highest BCUT2D eigenvalue weighted by Crippen LogP contribution is 2.26. The highest BCUT2D eigenvalue weighted by atomic mass is 35.5. The smallest absolute Gasteiger partial charge is 0.255 e. The quantitative estimate of drug-likeness (QED) is 0.810. The van der Waals surface area contributed by atoms with Gasteiger partial charge in [-0.1, -0.05) is 37.8 Å². The van der Waals surface area contributed by atoms with E-state index in [1.54, 1.807) is 18.2 Å². The zero-order valence-electron chi connectivity index (χ0n) is 15.3. The predicted octanol–water partition coefficient (Wildman–Crippen LogP) is 3.54. The third kappa shape index (κ3) is 5.19. The van der Waals surface area contributed by atoms with Gasteiger partial charge in [0.1, 0.15) is 0 Å². The number of hydrogen-bond acceptors (Lipinski definition) is 3. The van der Waals surface area contributed by atoms with E-state index in [4.69, 9.17) is 11.6 Å². The predicted molar refractivity (Wildman–Crippen MR) is 102 cm³/mol. The van der Waals surface area contributed by atoms with Crippen molar-refractivity contribution >= 4 is 29.1 Å². The van der Waals surface area contributed by atoms with Gasteiger partial charge in [0.15, 0.2) is 0 Å². The Bertz CT molecular complexity index is 615. The van der Waals surface area contributed by atoms with Gasteiger partial charge in [-0.25, -0.2) is 0 Å². The van der Waals surface area contributed by atoms with Crippen molar-refractivity contribution in [3.05, 3.63) is 28.8 Å². The summed E-state index contributed by atoms with van der Waals surface area (Å²) in [6.45, 7) is 2.45. The molecule has 138 valence electrons. The average molecular weight is 366 g/mol. The number of rotatable bonds is 6. The first-order valence-corrected chi connectivity index (χ1v) is 9.34. The molecule has 0 aliphatic heterocycles. The summed E-state index contributed by atoms with van der Waals surface area (Å²) in [7, 11) is 3.66. The van der Waals surface area contributed by atoms with Crippen molar-refractivity contribution in [2.24, 2.45) is 5.92 Å². The number of nitrogens with one attached hydrogen (secondary N) is 2. The Morgan fingerprint density at radius 3 is 2.56 bits per heavy atom. The van der Waals surface area contributed by atoms with Crippen LogP contribution in [0, 0.1) is 5.92 Å². The van der Waals surface area contributed by atoms with Crippen molar-refractivity contribution in [1.29, 1.82) is 0 Å². The van der Waals surface area contributed by atoms with Gasteiger partial charge in [-0.05, 0) is 38.1 Å². The number of nitrogens with zero attached hydrogens (tertiary/aromatic N) is 1. The van der Waals surface area contributed by atoms with Gasteiger partial charge in [-0.2, -0.15) is 0 Å². The lowest BCUT2D eigenvalue weighted by Gasteiger charge is -2.31. The second-order valence-corrected chi connectivity index (χ2v) is 7.26. The van der Waals surface area contributed by atoms with Crippen LogP contribution < -0.4 is 10.6 Å². The molecule has 0 aromatic heterocycles. The van der Waals surface area contributed by atoms with E-state index in [1.807, 2.05) is 25.9 Å². The van der Waals surface area contributed by atoms with Crippen molar-refractivity contribution in [2.45, 2.75) is 45.1 Å². The molecule has 0 spiro atoms. The largest absolute Gasteiger partial charge is 0.339 e. The van der Waals surface area contributed by atoms with E-state index < -0.39 is 0 Å². The fourth-order valence-corrected chi connectivity index (χ4v) is 3.52. The maximum absolute atomic E-state index is 12.7. The number of amides is 2. The molecule has 2 N–H and O–H groups in total. The molecule has 5 nitrogen and oxygen atoms in total. The molecule has 1 aromatic rings. The first kappa shape index (κ1) is 19.7. The molecule has 6 heteroatoms. The Kier molecular flexibility index (Phi) is 7.26. The monoisotopic (exact) mass is 365 g/mol. The minimum atomic E-state index is -0.150. The molecular weight excluding hydrogens is 338 g/mol. The summed E-state index contributed by atoms with van der Waals surface area (Å²) in [5.74, 6) is -0.287. The van der Waals surface area contributed by atoms with Crippen molar-refractivity contribution in [3.8, 4) is 0 Å². The van der Waals surface area contributed by atoms with E-state index in [-0.39, 0.29) is 17.7 Å². The Hall–Kier alpha value is -1.59. The number of carbonyl (C=O) groups is 2. The fourth-order valence-electron chi connectivity index (χ4n) is 3.25. The molecule has 0 bridgehead atoms. The minimum Gasteiger partial charge on any atom is -0.339 e. The van der Waals surface area contributed by atoms with Crippen LogP contribution in [-0.4, -0.2) is 43.4 Å². The Labute approximate surface area is 155 Å². The molecule has 1 aliphatic rings. The maximum atomic E-state index is 12.7. The van der Waals surface area contributed by atoms with E-state index in [2.05, 4.69) is 10.6 Å². The van der Waals surface area contributed by atoms with Gasteiger partial charge < -0.3 is 15.5 Å². The van der Waals surface area contributed by atoms with E-state index in [1.165, 1.54) is 19.3 Å². The van der Waals surface area contributed by atoms with E-state index in [0.29, 0.717) is 28.9 Å². The van der Waals surface area contributed by atoms with Crippen LogP contribution in [0.1, 0.15) is 49.4 Å². The van der Waals surface area contributed by atoms with Crippen LogP contribution in [0.25, 0.3) is 0 Å². The molecule has 0 radical (unpaired) electrons. The summed E-state index contributed by atoms with van der Waals surface area (Å²) in [5.41, 5.74) is 1.09. The first-order chi connectivity index (χ1) is 11.9. The van der Waals surface area contributed by atoms with Crippen LogP contribution in [-0.2, 0) is 4.79 Å². The van der Waals surface area contributed by atoms with Crippen LogP contribution in [0.3, 0.4) is 0 Å². The molecule has 1 aliphatic carbocycles. The van der Waals surface area contributed by atoms with Crippen LogP contribution in [0.15, 0.2) is 18.2 Å². The molecule has 1 atom stereocenters. The van der Waals surface area contributed by atoms with Gasteiger partial charge in [-0.15, -0.1) is 0 Å². The van der Waals surface area contributed by atoms with E-state index in [0.717, 1.165) is 12.8 Å². The lowest BCUT2D eigenvalue weighted by molar-refractivity contribution is -0.119. The highest BCUT2D eigenvalue weighted by molar-refractivity contribution is 6.34. The summed E-state index contributed by atoms with van der Waals surface area (Å²) >= 11 is 6.32. The van der Waals surface area contributed by atoms with Gasteiger partial charge >= 0.3 is 0 Å². The van der Waals surface area contributed by atoms with Gasteiger partial charge in [0.05, 0.1) is 10.6 Å². The topological polar surface area (TPSA) is 61.4 Å². The van der Waals surface area contributed by atoms with E-state index in [9.17, 15) is 9.59 Å². The number of carbonyl (C=O) groups excluding carboxylic acids is 2. The van der Waals surface area contributed by atoms with Crippen molar-refractivity contribution < 1.29 is 9.59 Å². The number of anilines is 1. The third-order valence-corrected chi connectivity index (χ3v) is 5.18. The molecule has 2 rings (SSSR count). The fraction of sp³-hybridized carbons (Fsp3) is 0.579. The van der Waals surface area contributed by atoms with Gasteiger partial charge in [0, 0.05) is 31.2 Å². The second-order valence-electron chi connectivity index (χ2n) is 6.85. The van der Waals surface area contributed by atoms with E-state index >= 15 is 0 Å². The van der Waals surface area contributed by atoms with Crippen molar-refractivity contribution in [2.75, 3.05) is 26.0 Å². The summed E-state index contributed by atoms with van der Waals surface area (Å²) in [6.07, 6.45) is 5.70. The van der Waals surface area contributed by atoms with Crippen molar-refractivity contribution in [1.82, 2.24) is 10.2 Å². The molecular formula is C19H28ClN3O2. The highest BCUT2D eigenvalue weighted by Gasteiger charge is 2.24. The molecule has 2 amide bonds. The molecule has 25 heavy (non-hydrogen) atoms. The summed E-state index contributed by atoms with van der Waals surface area (Å²) in [5, 5.41) is 6.18. The van der Waals surface area contributed by atoms with Gasteiger partial charge in [0.25, 0.3) is 5.91 Å². The number of hydrogen-bond donors (Lipinski definition) is 2. The number of halogens is 1. The molecule has 0 heterocycles. The Balaban J connectivity index is 2.05. The molecule has 0 saturated heterocycles. The lowest BCUT2D eigenvalue weighted by Crippen LogP contribution is -2.38. The second kappa shape index (κ2) is 9.20. The summed E-state index contributed by atoms with van der Waals surface area (Å²) in [4.78, 5) is 26.6. The Morgan fingerprint density at radius 2 is 1.96 bits per heavy atom. The summed E-state index contributed by atoms with van der Waals surface area (Å²) in [6, 6.07) is 5.37. The van der Waals surface area contributed by atoms with Gasteiger partial charge in [-0.3, -0.25) is 9.59 Å².